The smallest absolute Gasteiger partial charge is 0.277 e. The van der Waals surface area contributed by atoms with Crippen molar-refractivity contribution in [3.8, 4) is 11.5 Å². The first kappa shape index (κ1) is 18.2. The average molecular weight is 367 g/mol. The highest BCUT2D eigenvalue weighted by molar-refractivity contribution is 8.00. The van der Waals surface area contributed by atoms with Gasteiger partial charge < -0.3 is 9.73 Å². The Morgan fingerprint density at radius 1 is 1.12 bits per heavy atom. The summed E-state index contributed by atoms with van der Waals surface area (Å²) >= 11 is 1.26. The lowest BCUT2D eigenvalue weighted by Crippen LogP contribution is -2.30. The molecule has 1 aromatic heterocycles. The molecule has 0 fully saturated rings. The number of thioether (sulfide) groups is 1. The van der Waals surface area contributed by atoms with Gasteiger partial charge in [-0.2, -0.15) is 0 Å². The SMILES string of the molecule is Cc1cc(C)cc(-c2nnc(SC(C)C(=O)NCc3ccccc3)o2)c1. The second-order valence-corrected chi connectivity index (χ2v) is 7.51. The van der Waals surface area contributed by atoms with E-state index in [1.807, 2.05) is 63.2 Å². The summed E-state index contributed by atoms with van der Waals surface area (Å²) in [6, 6.07) is 15.9. The van der Waals surface area contributed by atoms with Crippen LogP contribution < -0.4 is 5.32 Å². The summed E-state index contributed by atoms with van der Waals surface area (Å²) in [7, 11) is 0. The Kier molecular flexibility index (Phi) is 5.73. The molecule has 6 heteroatoms. The van der Waals surface area contributed by atoms with E-state index in [1.165, 1.54) is 11.8 Å². The maximum absolute atomic E-state index is 12.3. The van der Waals surface area contributed by atoms with Crippen LogP contribution in [0.5, 0.6) is 0 Å². The number of carbonyl (C=O) groups is 1. The summed E-state index contributed by atoms with van der Waals surface area (Å²) in [6.45, 7) is 6.39. The van der Waals surface area contributed by atoms with Gasteiger partial charge in [-0.15, -0.1) is 10.2 Å². The highest BCUT2D eigenvalue weighted by Gasteiger charge is 2.18. The van der Waals surface area contributed by atoms with Crippen molar-refractivity contribution in [1.29, 1.82) is 0 Å². The van der Waals surface area contributed by atoms with E-state index < -0.39 is 0 Å². The second kappa shape index (κ2) is 8.19. The van der Waals surface area contributed by atoms with Crippen LogP contribution in [0.3, 0.4) is 0 Å². The minimum Gasteiger partial charge on any atom is -0.411 e. The Hall–Kier alpha value is -2.60. The van der Waals surface area contributed by atoms with Crippen LogP contribution in [0.15, 0.2) is 58.2 Å². The van der Waals surface area contributed by atoms with E-state index in [2.05, 4.69) is 21.6 Å². The molecule has 26 heavy (non-hydrogen) atoms. The van der Waals surface area contributed by atoms with E-state index in [-0.39, 0.29) is 11.2 Å². The number of nitrogens with zero attached hydrogens (tertiary/aromatic N) is 2. The monoisotopic (exact) mass is 367 g/mol. The molecule has 2 aromatic carbocycles. The van der Waals surface area contributed by atoms with Crippen molar-refractivity contribution in [2.45, 2.75) is 37.8 Å². The van der Waals surface area contributed by atoms with Crippen LogP contribution in [0, 0.1) is 13.8 Å². The van der Waals surface area contributed by atoms with Crippen molar-refractivity contribution in [2.24, 2.45) is 0 Å². The summed E-state index contributed by atoms with van der Waals surface area (Å²) in [5.41, 5.74) is 4.23. The van der Waals surface area contributed by atoms with Crippen molar-refractivity contribution in [1.82, 2.24) is 15.5 Å². The molecule has 1 atom stereocenters. The predicted octanol–water partition coefficient (Wildman–Crippen LogP) is 4.15. The number of nitrogens with one attached hydrogen (secondary N) is 1. The van der Waals surface area contributed by atoms with E-state index in [4.69, 9.17) is 4.42 Å². The molecule has 0 saturated carbocycles. The van der Waals surface area contributed by atoms with Gasteiger partial charge in [-0.25, -0.2) is 0 Å². The molecule has 0 aliphatic heterocycles. The number of carbonyl (C=O) groups excluding carboxylic acids is 1. The highest BCUT2D eigenvalue weighted by Crippen LogP contribution is 2.27. The lowest BCUT2D eigenvalue weighted by Gasteiger charge is -2.09. The third-order valence-electron chi connectivity index (χ3n) is 3.83. The Morgan fingerprint density at radius 3 is 2.50 bits per heavy atom. The Bertz CT molecular complexity index is 873. The lowest BCUT2D eigenvalue weighted by atomic mass is 10.1. The minimum absolute atomic E-state index is 0.0648. The van der Waals surface area contributed by atoms with Crippen LogP contribution >= 0.6 is 11.8 Å². The summed E-state index contributed by atoms with van der Waals surface area (Å²) in [5.74, 6) is 0.404. The number of benzene rings is 2. The molecule has 1 N–H and O–H groups in total. The minimum atomic E-state index is -0.328. The number of aromatic nitrogens is 2. The van der Waals surface area contributed by atoms with Gasteiger partial charge in [0.1, 0.15) is 0 Å². The summed E-state index contributed by atoms with van der Waals surface area (Å²) < 4.78 is 5.72. The zero-order chi connectivity index (χ0) is 18.5. The molecule has 0 aliphatic rings. The van der Waals surface area contributed by atoms with Gasteiger partial charge in [0.2, 0.25) is 11.8 Å². The number of hydrogen-bond donors (Lipinski definition) is 1. The van der Waals surface area contributed by atoms with Gasteiger partial charge in [-0.1, -0.05) is 59.3 Å². The van der Waals surface area contributed by atoms with E-state index in [9.17, 15) is 4.79 Å². The summed E-state index contributed by atoms with van der Waals surface area (Å²) in [4.78, 5) is 12.3. The maximum atomic E-state index is 12.3. The van der Waals surface area contributed by atoms with Gasteiger partial charge in [0, 0.05) is 12.1 Å². The lowest BCUT2D eigenvalue weighted by molar-refractivity contribution is -0.120. The molecule has 3 aromatic rings. The van der Waals surface area contributed by atoms with Crippen LogP contribution in [-0.4, -0.2) is 21.4 Å². The van der Waals surface area contributed by atoms with Crippen molar-refractivity contribution < 1.29 is 9.21 Å². The number of amides is 1. The first-order valence-corrected chi connectivity index (χ1v) is 9.29. The number of rotatable bonds is 6. The molecule has 0 aliphatic carbocycles. The van der Waals surface area contributed by atoms with Crippen LogP contribution in [0.25, 0.3) is 11.5 Å². The molecule has 5 nitrogen and oxygen atoms in total. The molecular weight excluding hydrogens is 346 g/mol. The molecule has 0 saturated heterocycles. The molecule has 3 rings (SSSR count). The van der Waals surface area contributed by atoms with Gasteiger partial charge in [-0.3, -0.25) is 4.79 Å². The third kappa shape index (κ3) is 4.73. The van der Waals surface area contributed by atoms with Gasteiger partial charge in [0.15, 0.2) is 0 Å². The van der Waals surface area contributed by atoms with Crippen LogP contribution in [0.2, 0.25) is 0 Å². The molecule has 1 unspecified atom stereocenters. The van der Waals surface area contributed by atoms with Crippen LogP contribution in [-0.2, 0) is 11.3 Å². The quantitative estimate of drug-likeness (QED) is 0.663. The molecule has 1 amide bonds. The second-order valence-electron chi connectivity index (χ2n) is 6.21. The summed E-state index contributed by atoms with van der Waals surface area (Å²) in [6.07, 6.45) is 0. The Morgan fingerprint density at radius 2 is 1.81 bits per heavy atom. The van der Waals surface area contributed by atoms with E-state index in [1.54, 1.807) is 0 Å². The van der Waals surface area contributed by atoms with Crippen molar-refractivity contribution in [2.75, 3.05) is 0 Å². The molecule has 134 valence electrons. The highest BCUT2D eigenvalue weighted by atomic mass is 32.2. The van der Waals surface area contributed by atoms with Gasteiger partial charge >= 0.3 is 0 Å². The van der Waals surface area contributed by atoms with Crippen molar-refractivity contribution in [3.63, 3.8) is 0 Å². The Balaban J connectivity index is 1.60. The largest absolute Gasteiger partial charge is 0.411 e. The average Bonchev–Trinajstić information content (AvgIpc) is 3.08. The standard InChI is InChI=1S/C20H21N3O2S/c1-13-9-14(2)11-17(10-13)19-22-23-20(25-19)26-15(3)18(24)21-12-16-7-5-4-6-8-16/h4-11,15H,12H2,1-3H3,(H,21,24). The van der Waals surface area contributed by atoms with Gasteiger partial charge in [0.25, 0.3) is 5.22 Å². The van der Waals surface area contributed by atoms with Crippen molar-refractivity contribution >= 4 is 17.7 Å². The summed E-state index contributed by atoms with van der Waals surface area (Å²) in [5, 5.41) is 11.1. The topological polar surface area (TPSA) is 68.0 Å². The van der Waals surface area contributed by atoms with Crippen LogP contribution in [0.1, 0.15) is 23.6 Å². The molecule has 0 bridgehead atoms. The Labute approximate surface area is 157 Å². The molecular formula is C20H21N3O2S. The van der Waals surface area contributed by atoms with E-state index in [0.29, 0.717) is 17.7 Å². The first-order valence-electron chi connectivity index (χ1n) is 8.42. The fourth-order valence-corrected chi connectivity index (χ4v) is 3.31. The van der Waals surface area contributed by atoms with Gasteiger partial charge in [-0.05, 0) is 38.5 Å². The predicted molar refractivity (Wildman–Crippen MR) is 103 cm³/mol. The fourth-order valence-electron chi connectivity index (χ4n) is 2.61. The van der Waals surface area contributed by atoms with Crippen LogP contribution in [0.4, 0.5) is 0 Å². The molecule has 0 radical (unpaired) electrons. The molecule has 0 spiro atoms. The van der Waals surface area contributed by atoms with Gasteiger partial charge in [0.05, 0.1) is 5.25 Å². The third-order valence-corrected chi connectivity index (χ3v) is 4.77. The first-order chi connectivity index (χ1) is 12.5. The zero-order valence-electron chi connectivity index (χ0n) is 15.0. The fraction of sp³-hybridized carbons (Fsp3) is 0.250. The number of hydrogen-bond acceptors (Lipinski definition) is 5. The molecule has 1 heterocycles. The van der Waals surface area contributed by atoms with Crippen molar-refractivity contribution in [3.05, 3.63) is 65.2 Å². The van der Waals surface area contributed by atoms with E-state index in [0.717, 1.165) is 22.3 Å². The zero-order valence-corrected chi connectivity index (χ0v) is 15.8. The number of aryl methyl sites for hydroxylation is 2. The van der Waals surface area contributed by atoms with E-state index >= 15 is 0 Å². The maximum Gasteiger partial charge on any atom is 0.277 e. The normalized spacial score (nSPS) is 12.0.